The summed E-state index contributed by atoms with van der Waals surface area (Å²) >= 11 is 5.02. The van der Waals surface area contributed by atoms with E-state index in [-0.39, 0.29) is 11.9 Å². The second-order valence-corrected chi connectivity index (χ2v) is 4.21. The van der Waals surface area contributed by atoms with Gasteiger partial charge in [0.25, 0.3) is 0 Å². The van der Waals surface area contributed by atoms with E-state index in [0.29, 0.717) is 31.2 Å². The summed E-state index contributed by atoms with van der Waals surface area (Å²) in [5.41, 5.74) is 0. The van der Waals surface area contributed by atoms with Crippen molar-refractivity contribution < 1.29 is 9.53 Å². The molecule has 0 aromatic rings. The first-order valence-corrected chi connectivity index (χ1v) is 6.31. The van der Waals surface area contributed by atoms with Gasteiger partial charge in [0.1, 0.15) is 0 Å². The summed E-state index contributed by atoms with van der Waals surface area (Å²) in [6.07, 6.45) is 1.37. The predicted molar refractivity (Wildman–Crippen MR) is 73.0 cm³/mol. The highest BCUT2D eigenvalue weighted by Gasteiger charge is 2.04. The molecule has 3 N–H and O–H groups in total. The molecular weight excluding hydrogens is 238 g/mol. The minimum Gasteiger partial charge on any atom is -0.383 e. The van der Waals surface area contributed by atoms with E-state index in [1.54, 1.807) is 7.11 Å². The standard InChI is InChI=1S/C11H23N3O2S/c1-4-9(2)14-10(15)5-6-12-11(17)13-7-8-16-3/h9H,4-8H2,1-3H3,(H,14,15)(H2,12,13,17). The number of thiocarbonyl (C=S) groups is 1. The lowest BCUT2D eigenvalue weighted by atomic mass is 10.2. The summed E-state index contributed by atoms with van der Waals surface area (Å²) in [5, 5.41) is 9.39. The Morgan fingerprint density at radius 3 is 2.59 bits per heavy atom. The molecule has 0 aliphatic heterocycles. The topological polar surface area (TPSA) is 62.4 Å². The monoisotopic (exact) mass is 261 g/mol. The highest BCUT2D eigenvalue weighted by molar-refractivity contribution is 7.80. The highest BCUT2D eigenvalue weighted by Crippen LogP contribution is 1.88. The Kier molecular flexibility index (Phi) is 9.75. The van der Waals surface area contributed by atoms with Gasteiger partial charge in [-0.2, -0.15) is 0 Å². The first-order chi connectivity index (χ1) is 8.10. The Morgan fingerprint density at radius 1 is 1.35 bits per heavy atom. The molecule has 0 saturated carbocycles. The van der Waals surface area contributed by atoms with Gasteiger partial charge in [0.2, 0.25) is 5.91 Å². The SMILES string of the molecule is CCC(C)NC(=O)CCNC(=S)NCCOC. The van der Waals surface area contributed by atoms with Crippen LogP contribution in [-0.2, 0) is 9.53 Å². The molecule has 17 heavy (non-hydrogen) atoms. The van der Waals surface area contributed by atoms with Crippen molar-refractivity contribution in [1.82, 2.24) is 16.0 Å². The molecule has 100 valence electrons. The van der Waals surface area contributed by atoms with Crippen molar-refractivity contribution in [2.45, 2.75) is 32.7 Å². The summed E-state index contributed by atoms with van der Waals surface area (Å²) in [6, 6.07) is 0.231. The zero-order valence-corrected chi connectivity index (χ0v) is 11.7. The van der Waals surface area contributed by atoms with E-state index in [2.05, 4.69) is 16.0 Å². The third-order valence-corrected chi connectivity index (χ3v) is 2.54. The molecule has 0 aromatic heterocycles. The molecule has 1 unspecified atom stereocenters. The Hall–Kier alpha value is -0.880. The zero-order chi connectivity index (χ0) is 13.1. The van der Waals surface area contributed by atoms with Gasteiger partial charge in [0, 0.05) is 32.7 Å². The van der Waals surface area contributed by atoms with Crippen LogP contribution in [0.2, 0.25) is 0 Å². The van der Waals surface area contributed by atoms with Gasteiger partial charge in [-0.1, -0.05) is 6.92 Å². The fourth-order valence-electron chi connectivity index (χ4n) is 1.07. The van der Waals surface area contributed by atoms with Crippen LogP contribution in [0.15, 0.2) is 0 Å². The lowest BCUT2D eigenvalue weighted by Crippen LogP contribution is -2.39. The number of amides is 1. The maximum atomic E-state index is 11.4. The molecule has 0 fully saturated rings. The molecular formula is C11H23N3O2S. The lowest BCUT2D eigenvalue weighted by molar-refractivity contribution is -0.121. The minimum absolute atomic E-state index is 0.0477. The molecule has 6 heteroatoms. The van der Waals surface area contributed by atoms with Gasteiger partial charge in [-0.3, -0.25) is 4.79 Å². The molecule has 0 radical (unpaired) electrons. The van der Waals surface area contributed by atoms with Crippen molar-refractivity contribution in [3.63, 3.8) is 0 Å². The molecule has 0 heterocycles. The van der Waals surface area contributed by atoms with Crippen molar-refractivity contribution in [1.29, 1.82) is 0 Å². The fraction of sp³-hybridized carbons (Fsp3) is 0.818. The van der Waals surface area contributed by atoms with Crippen LogP contribution in [0.1, 0.15) is 26.7 Å². The maximum Gasteiger partial charge on any atom is 0.221 e. The number of ether oxygens (including phenoxy) is 1. The first-order valence-electron chi connectivity index (χ1n) is 5.90. The summed E-state index contributed by atoms with van der Waals surface area (Å²) in [7, 11) is 1.64. The van der Waals surface area contributed by atoms with Crippen LogP contribution in [0.5, 0.6) is 0 Å². The van der Waals surface area contributed by atoms with Crippen LogP contribution in [0.4, 0.5) is 0 Å². The van der Waals surface area contributed by atoms with E-state index in [0.717, 1.165) is 6.42 Å². The number of carbonyl (C=O) groups is 1. The summed E-state index contributed by atoms with van der Waals surface area (Å²) in [6.45, 7) is 5.85. The third-order valence-electron chi connectivity index (χ3n) is 2.25. The van der Waals surface area contributed by atoms with Gasteiger partial charge in [-0.15, -0.1) is 0 Å². The van der Waals surface area contributed by atoms with Crippen LogP contribution in [0.25, 0.3) is 0 Å². The van der Waals surface area contributed by atoms with Crippen molar-refractivity contribution >= 4 is 23.2 Å². The number of rotatable bonds is 8. The Labute approximate surface area is 109 Å². The Bertz CT molecular complexity index is 237. The summed E-state index contributed by atoms with van der Waals surface area (Å²) in [4.78, 5) is 11.4. The fourth-order valence-corrected chi connectivity index (χ4v) is 1.27. The minimum atomic E-state index is 0.0477. The first kappa shape index (κ1) is 16.1. The largest absolute Gasteiger partial charge is 0.383 e. The van der Waals surface area contributed by atoms with E-state index in [9.17, 15) is 4.79 Å². The number of hydrogen-bond acceptors (Lipinski definition) is 3. The van der Waals surface area contributed by atoms with Crippen molar-refractivity contribution in [2.75, 3.05) is 26.8 Å². The lowest BCUT2D eigenvalue weighted by Gasteiger charge is -2.12. The van der Waals surface area contributed by atoms with Crippen molar-refractivity contribution in [2.24, 2.45) is 0 Å². The maximum absolute atomic E-state index is 11.4. The number of carbonyl (C=O) groups excluding carboxylic acids is 1. The molecule has 0 bridgehead atoms. The van der Waals surface area contributed by atoms with E-state index in [1.807, 2.05) is 13.8 Å². The van der Waals surface area contributed by atoms with Gasteiger partial charge in [0.05, 0.1) is 6.61 Å². The van der Waals surface area contributed by atoms with Gasteiger partial charge in [0.15, 0.2) is 5.11 Å². The van der Waals surface area contributed by atoms with Gasteiger partial charge >= 0.3 is 0 Å². The van der Waals surface area contributed by atoms with E-state index >= 15 is 0 Å². The van der Waals surface area contributed by atoms with Crippen LogP contribution >= 0.6 is 12.2 Å². The molecule has 0 aliphatic rings. The van der Waals surface area contributed by atoms with Gasteiger partial charge in [-0.25, -0.2) is 0 Å². The smallest absolute Gasteiger partial charge is 0.221 e. The Morgan fingerprint density at radius 2 is 2.00 bits per heavy atom. The third kappa shape index (κ3) is 10.0. The molecule has 1 amide bonds. The van der Waals surface area contributed by atoms with Crippen LogP contribution in [0.3, 0.4) is 0 Å². The number of methoxy groups -OCH3 is 1. The van der Waals surface area contributed by atoms with Crippen LogP contribution in [0, 0.1) is 0 Å². The quantitative estimate of drug-likeness (QED) is 0.436. The second kappa shape index (κ2) is 10.3. The molecule has 0 aliphatic carbocycles. The summed E-state index contributed by atoms with van der Waals surface area (Å²) < 4.78 is 4.88. The number of hydrogen-bond donors (Lipinski definition) is 3. The normalized spacial score (nSPS) is 11.7. The molecule has 5 nitrogen and oxygen atoms in total. The van der Waals surface area contributed by atoms with E-state index in [4.69, 9.17) is 17.0 Å². The summed E-state index contributed by atoms with van der Waals surface area (Å²) in [5.74, 6) is 0.0477. The highest BCUT2D eigenvalue weighted by atomic mass is 32.1. The van der Waals surface area contributed by atoms with Gasteiger partial charge in [-0.05, 0) is 25.6 Å². The zero-order valence-electron chi connectivity index (χ0n) is 10.8. The Balaban J connectivity index is 3.49. The van der Waals surface area contributed by atoms with E-state index in [1.165, 1.54) is 0 Å². The molecule has 0 aromatic carbocycles. The molecule has 1 atom stereocenters. The molecule has 0 rings (SSSR count). The molecule has 0 spiro atoms. The van der Waals surface area contributed by atoms with Crippen molar-refractivity contribution in [3.8, 4) is 0 Å². The number of nitrogens with one attached hydrogen (secondary N) is 3. The second-order valence-electron chi connectivity index (χ2n) is 3.80. The average Bonchev–Trinajstić information content (AvgIpc) is 2.29. The average molecular weight is 261 g/mol. The van der Waals surface area contributed by atoms with Gasteiger partial charge < -0.3 is 20.7 Å². The van der Waals surface area contributed by atoms with Crippen LogP contribution < -0.4 is 16.0 Å². The van der Waals surface area contributed by atoms with E-state index < -0.39 is 0 Å². The van der Waals surface area contributed by atoms with Crippen molar-refractivity contribution in [3.05, 3.63) is 0 Å². The predicted octanol–water partition coefficient (Wildman–Crippen LogP) is 0.402. The molecule has 0 saturated heterocycles. The van der Waals surface area contributed by atoms with Crippen LogP contribution in [-0.4, -0.2) is 43.9 Å².